The standard InChI is InChI=1S/C7H13NO3/c1-6(9)2-4-8-5-3-7(10)11/h3,5-6,8-9H,2,4H2,1H3,(H,10,11)/b5-3+. The highest BCUT2D eigenvalue weighted by Crippen LogP contribution is 1.85. The van der Waals surface area contributed by atoms with E-state index in [1.165, 1.54) is 6.20 Å². The number of hydrogen-bond donors (Lipinski definition) is 3. The Balaban J connectivity index is 3.21. The number of carboxylic acids is 1. The fourth-order valence-electron chi connectivity index (χ4n) is 0.506. The smallest absolute Gasteiger partial charge is 0.329 e. The normalized spacial score (nSPS) is 13.3. The van der Waals surface area contributed by atoms with Crippen molar-refractivity contribution in [1.82, 2.24) is 5.32 Å². The van der Waals surface area contributed by atoms with Gasteiger partial charge in [0, 0.05) is 18.8 Å². The van der Waals surface area contributed by atoms with Gasteiger partial charge < -0.3 is 15.5 Å². The summed E-state index contributed by atoms with van der Waals surface area (Å²) < 4.78 is 0. The molecule has 11 heavy (non-hydrogen) atoms. The van der Waals surface area contributed by atoms with E-state index >= 15 is 0 Å². The highest BCUT2D eigenvalue weighted by Gasteiger charge is 1.91. The summed E-state index contributed by atoms with van der Waals surface area (Å²) >= 11 is 0. The molecular weight excluding hydrogens is 146 g/mol. The number of aliphatic hydroxyl groups excluding tert-OH is 1. The highest BCUT2D eigenvalue weighted by atomic mass is 16.4. The zero-order valence-electron chi connectivity index (χ0n) is 6.45. The van der Waals surface area contributed by atoms with Crippen molar-refractivity contribution in [1.29, 1.82) is 0 Å². The van der Waals surface area contributed by atoms with Crippen LogP contribution in [0.5, 0.6) is 0 Å². The van der Waals surface area contributed by atoms with Crippen molar-refractivity contribution < 1.29 is 15.0 Å². The summed E-state index contributed by atoms with van der Waals surface area (Å²) in [6.45, 7) is 2.27. The van der Waals surface area contributed by atoms with Crippen molar-refractivity contribution in [2.24, 2.45) is 0 Å². The van der Waals surface area contributed by atoms with Crippen molar-refractivity contribution in [3.63, 3.8) is 0 Å². The summed E-state index contributed by atoms with van der Waals surface area (Å²) in [5.41, 5.74) is 0. The van der Waals surface area contributed by atoms with Crippen LogP contribution in [0, 0.1) is 0 Å². The molecule has 0 saturated heterocycles. The number of carboxylic acid groups (broad SMARTS) is 1. The summed E-state index contributed by atoms with van der Waals surface area (Å²) in [6, 6.07) is 0. The van der Waals surface area contributed by atoms with Gasteiger partial charge in [0.2, 0.25) is 0 Å². The predicted octanol–water partition coefficient (Wildman–Crippen LogP) is -0.0548. The molecule has 0 spiro atoms. The Morgan fingerprint density at radius 3 is 2.82 bits per heavy atom. The largest absolute Gasteiger partial charge is 0.478 e. The van der Waals surface area contributed by atoms with E-state index in [2.05, 4.69) is 5.32 Å². The summed E-state index contributed by atoms with van der Waals surface area (Å²) in [4.78, 5) is 9.92. The first-order valence-corrected chi connectivity index (χ1v) is 3.44. The lowest BCUT2D eigenvalue weighted by Gasteiger charge is -2.02. The van der Waals surface area contributed by atoms with Crippen LogP contribution in [0.15, 0.2) is 12.3 Å². The number of carbonyl (C=O) groups is 1. The Kier molecular flexibility index (Phi) is 5.20. The maximum absolute atomic E-state index is 9.92. The van der Waals surface area contributed by atoms with Crippen molar-refractivity contribution in [2.45, 2.75) is 19.4 Å². The van der Waals surface area contributed by atoms with Crippen LogP contribution in [-0.4, -0.2) is 28.8 Å². The second-order valence-corrected chi connectivity index (χ2v) is 2.26. The molecule has 0 radical (unpaired) electrons. The van der Waals surface area contributed by atoms with Crippen LogP contribution < -0.4 is 5.32 Å². The topological polar surface area (TPSA) is 69.6 Å². The molecule has 0 aromatic carbocycles. The summed E-state index contributed by atoms with van der Waals surface area (Å²) in [5.74, 6) is -0.977. The van der Waals surface area contributed by atoms with Gasteiger partial charge in [0.25, 0.3) is 0 Å². The molecule has 64 valence electrons. The molecule has 0 aliphatic carbocycles. The average Bonchev–Trinajstić information content (AvgIpc) is 1.85. The van der Waals surface area contributed by atoms with E-state index in [1.54, 1.807) is 6.92 Å². The number of nitrogens with one attached hydrogen (secondary N) is 1. The molecule has 0 heterocycles. The molecule has 1 atom stereocenters. The second-order valence-electron chi connectivity index (χ2n) is 2.26. The van der Waals surface area contributed by atoms with Gasteiger partial charge in [-0.25, -0.2) is 4.79 Å². The Labute approximate surface area is 65.5 Å². The summed E-state index contributed by atoms with van der Waals surface area (Å²) in [6.07, 6.45) is 2.64. The quantitative estimate of drug-likeness (QED) is 0.388. The lowest BCUT2D eigenvalue weighted by molar-refractivity contribution is -0.131. The van der Waals surface area contributed by atoms with Gasteiger partial charge >= 0.3 is 5.97 Å². The zero-order chi connectivity index (χ0) is 8.69. The maximum Gasteiger partial charge on any atom is 0.329 e. The molecule has 0 aromatic rings. The third kappa shape index (κ3) is 8.97. The monoisotopic (exact) mass is 159 g/mol. The predicted molar refractivity (Wildman–Crippen MR) is 41.1 cm³/mol. The number of aliphatic hydroxyl groups is 1. The molecule has 0 amide bonds. The van der Waals surface area contributed by atoms with E-state index in [4.69, 9.17) is 10.2 Å². The Hall–Kier alpha value is -1.03. The van der Waals surface area contributed by atoms with E-state index in [-0.39, 0.29) is 6.10 Å². The summed E-state index contributed by atoms with van der Waals surface area (Å²) in [7, 11) is 0. The lowest BCUT2D eigenvalue weighted by atomic mass is 10.3. The van der Waals surface area contributed by atoms with Crippen LogP contribution in [0.1, 0.15) is 13.3 Å². The van der Waals surface area contributed by atoms with Crippen LogP contribution in [0.4, 0.5) is 0 Å². The van der Waals surface area contributed by atoms with E-state index < -0.39 is 5.97 Å². The molecule has 0 saturated carbocycles. The fourth-order valence-corrected chi connectivity index (χ4v) is 0.506. The molecule has 0 aliphatic rings. The molecule has 0 rings (SSSR count). The Morgan fingerprint density at radius 2 is 2.36 bits per heavy atom. The molecule has 0 fully saturated rings. The highest BCUT2D eigenvalue weighted by molar-refractivity contribution is 5.79. The second kappa shape index (κ2) is 5.73. The van der Waals surface area contributed by atoms with Gasteiger partial charge in [-0.2, -0.15) is 0 Å². The molecule has 0 aromatic heterocycles. The van der Waals surface area contributed by atoms with Gasteiger partial charge in [-0.05, 0) is 13.3 Å². The van der Waals surface area contributed by atoms with Gasteiger partial charge in [0.05, 0.1) is 6.10 Å². The minimum atomic E-state index is -0.977. The number of hydrogen-bond acceptors (Lipinski definition) is 3. The van der Waals surface area contributed by atoms with E-state index in [9.17, 15) is 4.79 Å². The maximum atomic E-state index is 9.92. The van der Waals surface area contributed by atoms with Crippen LogP contribution in [0.2, 0.25) is 0 Å². The SMILES string of the molecule is CC(O)CCN/C=C/C(=O)O. The Morgan fingerprint density at radius 1 is 1.73 bits per heavy atom. The lowest BCUT2D eigenvalue weighted by Crippen LogP contribution is -2.13. The molecule has 4 heteroatoms. The van der Waals surface area contributed by atoms with Gasteiger partial charge in [-0.1, -0.05) is 0 Å². The molecule has 0 aliphatic heterocycles. The molecule has 0 bridgehead atoms. The first-order valence-electron chi connectivity index (χ1n) is 3.44. The van der Waals surface area contributed by atoms with Gasteiger partial charge in [-0.15, -0.1) is 0 Å². The van der Waals surface area contributed by atoms with Gasteiger partial charge in [-0.3, -0.25) is 0 Å². The molecule has 4 nitrogen and oxygen atoms in total. The van der Waals surface area contributed by atoms with E-state index in [0.717, 1.165) is 6.08 Å². The average molecular weight is 159 g/mol. The zero-order valence-corrected chi connectivity index (χ0v) is 6.45. The van der Waals surface area contributed by atoms with Gasteiger partial charge in [0.15, 0.2) is 0 Å². The van der Waals surface area contributed by atoms with Crippen LogP contribution in [0.3, 0.4) is 0 Å². The van der Waals surface area contributed by atoms with Crippen LogP contribution >= 0.6 is 0 Å². The first-order chi connectivity index (χ1) is 5.13. The number of rotatable bonds is 5. The van der Waals surface area contributed by atoms with Gasteiger partial charge in [0.1, 0.15) is 0 Å². The van der Waals surface area contributed by atoms with Crippen molar-refractivity contribution in [3.8, 4) is 0 Å². The Bertz CT molecular complexity index is 143. The summed E-state index contributed by atoms with van der Waals surface area (Å²) in [5, 5.41) is 19.7. The molecule has 1 unspecified atom stereocenters. The molecule has 3 N–H and O–H groups in total. The third-order valence-corrected chi connectivity index (χ3v) is 1.05. The van der Waals surface area contributed by atoms with Crippen LogP contribution in [-0.2, 0) is 4.79 Å². The van der Waals surface area contributed by atoms with Crippen molar-refractivity contribution >= 4 is 5.97 Å². The van der Waals surface area contributed by atoms with Crippen LogP contribution in [0.25, 0.3) is 0 Å². The molecular formula is C7H13NO3. The number of aliphatic carboxylic acids is 1. The minimum Gasteiger partial charge on any atom is -0.478 e. The van der Waals surface area contributed by atoms with Crippen molar-refractivity contribution in [2.75, 3.05) is 6.54 Å². The van der Waals surface area contributed by atoms with E-state index in [0.29, 0.717) is 13.0 Å². The third-order valence-electron chi connectivity index (χ3n) is 1.05. The van der Waals surface area contributed by atoms with E-state index in [1.807, 2.05) is 0 Å². The fraction of sp³-hybridized carbons (Fsp3) is 0.571. The first kappa shape index (κ1) is 9.97. The van der Waals surface area contributed by atoms with Crippen molar-refractivity contribution in [3.05, 3.63) is 12.3 Å². The minimum absolute atomic E-state index is 0.347.